The maximum Gasteiger partial charge on any atom is 0.408 e. The van der Waals surface area contributed by atoms with Gasteiger partial charge in [0, 0.05) is 17.4 Å². The topological polar surface area (TPSA) is 140 Å². The van der Waals surface area contributed by atoms with E-state index in [9.17, 15) is 23.4 Å². The van der Waals surface area contributed by atoms with E-state index in [2.05, 4.69) is 33.1 Å². The van der Waals surface area contributed by atoms with Crippen molar-refractivity contribution >= 4 is 50.9 Å². The molecule has 1 aliphatic heterocycles. The molecule has 1 fully saturated rings. The van der Waals surface area contributed by atoms with Gasteiger partial charge in [0.1, 0.15) is 24.2 Å². The summed E-state index contributed by atoms with van der Waals surface area (Å²) in [6.07, 6.45) is 0.0801. The summed E-state index contributed by atoms with van der Waals surface area (Å²) in [4.78, 5) is 52.2. The fourth-order valence-electron chi connectivity index (χ4n) is 3.57. The second kappa shape index (κ2) is 14.4. The number of carbonyl (C=O) groups is 4. The molecule has 2 N–H and O–H groups in total. The molecule has 0 aromatic heterocycles. The lowest BCUT2D eigenvalue weighted by Gasteiger charge is -2.26. The van der Waals surface area contributed by atoms with Crippen LogP contribution in [0, 0.1) is 0 Å². The molecule has 1 aromatic rings. The molecule has 4 atom stereocenters. The highest BCUT2D eigenvalue weighted by atomic mass is 79.9. The summed E-state index contributed by atoms with van der Waals surface area (Å²) in [5.41, 5.74) is -0.757. The number of amides is 3. The molecule has 0 aliphatic carbocycles. The summed E-state index contributed by atoms with van der Waals surface area (Å²) in [7, 11) is 0. The van der Waals surface area contributed by atoms with Gasteiger partial charge in [-0.2, -0.15) is 0 Å². The van der Waals surface area contributed by atoms with Gasteiger partial charge in [-0.1, -0.05) is 22.0 Å². The lowest BCUT2D eigenvalue weighted by atomic mass is 10.1. The van der Waals surface area contributed by atoms with E-state index in [0.29, 0.717) is 4.90 Å². The van der Waals surface area contributed by atoms with Crippen LogP contribution >= 0.6 is 15.9 Å². The first-order valence-corrected chi connectivity index (χ1v) is 13.9. The lowest BCUT2D eigenvalue weighted by molar-refractivity contribution is -0.148. The Morgan fingerprint density at radius 3 is 2.47 bits per heavy atom. The normalized spacial score (nSPS) is 18.7. The van der Waals surface area contributed by atoms with Crippen LogP contribution in [0.1, 0.15) is 40.5 Å². The highest BCUT2D eigenvalue weighted by molar-refractivity contribution is 9.10. The Balaban J connectivity index is 2.17. The molecule has 1 aliphatic rings. The Labute approximate surface area is 233 Å². The first-order valence-electron chi connectivity index (χ1n) is 12.0. The number of nitrogens with one attached hydrogen (secondary N) is 2. The monoisotopic (exact) mass is 615 g/mol. The van der Waals surface area contributed by atoms with E-state index in [1.165, 1.54) is 11.0 Å². The van der Waals surface area contributed by atoms with E-state index in [4.69, 9.17) is 13.7 Å². The van der Waals surface area contributed by atoms with Crippen LogP contribution in [-0.2, 0) is 39.1 Å². The van der Waals surface area contributed by atoms with Gasteiger partial charge in [-0.3, -0.25) is 13.8 Å². The van der Waals surface area contributed by atoms with Crippen molar-refractivity contribution in [2.45, 2.75) is 69.2 Å². The molecule has 0 saturated carbocycles. The number of nitrogens with zero attached hydrogens (tertiary/aromatic N) is 1. The van der Waals surface area contributed by atoms with Crippen molar-refractivity contribution in [2.24, 2.45) is 0 Å². The number of hydrogen-bond donors (Lipinski definition) is 2. The summed E-state index contributed by atoms with van der Waals surface area (Å²) in [5.74, 6) is -1.82. The molecular formula is C25H34BrN3O8S. The number of likely N-dealkylation sites (tertiary alicyclic amines) is 1. The highest BCUT2D eigenvalue weighted by Crippen LogP contribution is 2.24. The summed E-state index contributed by atoms with van der Waals surface area (Å²) in [5, 5.41) is 4.99. The number of rotatable bonds is 11. The van der Waals surface area contributed by atoms with Crippen LogP contribution in [0.4, 0.5) is 4.79 Å². The molecule has 2 rings (SSSR count). The number of halogens is 1. The minimum absolute atomic E-state index is 0.0237. The molecule has 0 radical (unpaired) electrons. The van der Waals surface area contributed by atoms with Crippen molar-refractivity contribution in [3.8, 4) is 0 Å². The van der Waals surface area contributed by atoms with Gasteiger partial charge in [-0.05, 0) is 58.4 Å². The zero-order valence-corrected chi connectivity index (χ0v) is 24.3. The zero-order valence-electron chi connectivity index (χ0n) is 21.9. The van der Waals surface area contributed by atoms with Crippen LogP contribution in [0.15, 0.2) is 46.3 Å². The third kappa shape index (κ3) is 9.84. The van der Waals surface area contributed by atoms with E-state index < -0.39 is 65.3 Å². The SMILES string of the molecule is C=CCC(NC(=O)C1CC(OS(=O)c2ccc(Br)cc2)CN1C(=O)CNC(=O)OC(C)(C)C)C(=O)OCC. The van der Waals surface area contributed by atoms with Crippen LogP contribution < -0.4 is 10.6 Å². The number of esters is 1. The molecule has 0 spiro atoms. The summed E-state index contributed by atoms with van der Waals surface area (Å²) >= 11 is 1.46. The summed E-state index contributed by atoms with van der Waals surface area (Å²) < 4.78 is 29.4. The Kier molecular flexibility index (Phi) is 11.9. The molecule has 0 bridgehead atoms. The number of alkyl carbamates (subject to hydrolysis) is 1. The van der Waals surface area contributed by atoms with Crippen molar-refractivity contribution in [1.29, 1.82) is 0 Å². The molecule has 11 nitrogen and oxygen atoms in total. The maximum atomic E-state index is 13.2. The molecule has 13 heteroatoms. The summed E-state index contributed by atoms with van der Waals surface area (Å²) in [6.45, 7) is 9.95. The maximum absolute atomic E-state index is 13.2. The Morgan fingerprint density at radius 2 is 1.89 bits per heavy atom. The molecule has 3 amide bonds. The van der Waals surface area contributed by atoms with Crippen LogP contribution in [-0.4, -0.2) is 76.5 Å². The van der Waals surface area contributed by atoms with Crippen molar-refractivity contribution in [2.75, 3.05) is 19.7 Å². The van der Waals surface area contributed by atoms with E-state index in [-0.39, 0.29) is 26.0 Å². The Hall–Kier alpha value is -2.77. The van der Waals surface area contributed by atoms with Gasteiger partial charge in [0.15, 0.2) is 11.1 Å². The minimum Gasteiger partial charge on any atom is -0.464 e. The smallest absolute Gasteiger partial charge is 0.408 e. The molecule has 210 valence electrons. The predicted octanol–water partition coefficient (Wildman–Crippen LogP) is 2.61. The largest absolute Gasteiger partial charge is 0.464 e. The number of benzene rings is 1. The Morgan fingerprint density at radius 1 is 1.24 bits per heavy atom. The molecule has 4 unspecified atom stereocenters. The number of hydrogen-bond acceptors (Lipinski definition) is 8. The molecule has 1 saturated heterocycles. The first-order chi connectivity index (χ1) is 17.8. The van der Waals surface area contributed by atoms with E-state index >= 15 is 0 Å². The molecule has 1 heterocycles. The second-order valence-electron chi connectivity index (χ2n) is 9.40. The highest BCUT2D eigenvalue weighted by Gasteiger charge is 2.42. The molecule has 38 heavy (non-hydrogen) atoms. The zero-order chi connectivity index (χ0) is 28.5. The van der Waals surface area contributed by atoms with Crippen molar-refractivity contribution in [3.63, 3.8) is 0 Å². The average molecular weight is 617 g/mol. The van der Waals surface area contributed by atoms with Gasteiger partial charge in [0.25, 0.3) is 0 Å². The van der Waals surface area contributed by atoms with Crippen molar-refractivity contribution in [3.05, 3.63) is 41.4 Å². The van der Waals surface area contributed by atoms with Crippen LogP contribution in [0.25, 0.3) is 0 Å². The van der Waals surface area contributed by atoms with Gasteiger partial charge in [0.05, 0.1) is 17.6 Å². The van der Waals surface area contributed by atoms with E-state index in [0.717, 1.165) is 4.47 Å². The van der Waals surface area contributed by atoms with E-state index in [1.54, 1.807) is 52.0 Å². The Bertz CT molecular complexity index is 1040. The number of carbonyl (C=O) groups excluding carboxylic acids is 4. The van der Waals surface area contributed by atoms with Crippen LogP contribution in [0.5, 0.6) is 0 Å². The summed E-state index contributed by atoms with van der Waals surface area (Å²) in [6, 6.07) is 4.66. The average Bonchev–Trinajstić information content (AvgIpc) is 3.25. The van der Waals surface area contributed by atoms with Crippen molar-refractivity contribution in [1.82, 2.24) is 15.5 Å². The fourth-order valence-corrected chi connectivity index (χ4v) is 4.69. The third-order valence-corrected chi connectivity index (χ3v) is 6.82. The van der Waals surface area contributed by atoms with Crippen LogP contribution in [0.2, 0.25) is 0 Å². The molecular weight excluding hydrogens is 582 g/mol. The van der Waals surface area contributed by atoms with E-state index in [1.807, 2.05) is 0 Å². The van der Waals surface area contributed by atoms with Gasteiger partial charge in [-0.15, -0.1) is 6.58 Å². The minimum atomic E-state index is -1.85. The quantitative estimate of drug-likeness (QED) is 0.286. The third-order valence-electron chi connectivity index (χ3n) is 5.19. The molecule has 1 aromatic carbocycles. The van der Waals surface area contributed by atoms with Gasteiger partial charge < -0.3 is 25.0 Å². The number of ether oxygens (including phenoxy) is 2. The predicted molar refractivity (Wildman–Crippen MR) is 143 cm³/mol. The first kappa shape index (κ1) is 31.4. The standard InChI is InChI=1S/C25H34BrN3O8S/c1-6-8-19(23(32)35-7-2)28-22(31)20-13-17(37-38(34)18-11-9-16(26)10-12-18)15-29(20)21(30)14-27-24(33)36-25(3,4)5/h6,9-12,17,19-20H,1,7-8,13-15H2,2-5H3,(H,27,33)(H,28,31). The van der Waals surface area contributed by atoms with Crippen molar-refractivity contribution < 1.29 is 37.0 Å². The van der Waals surface area contributed by atoms with Crippen LogP contribution in [0.3, 0.4) is 0 Å². The lowest BCUT2D eigenvalue weighted by Crippen LogP contribution is -2.52. The van der Waals surface area contributed by atoms with Gasteiger partial charge in [0.2, 0.25) is 11.8 Å². The second-order valence-corrected chi connectivity index (χ2v) is 11.4. The van der Waals surface area contributed by atoms with Gasteiger partial charge in [-0.25, -0.2) is 13.8 Å². The van der Waals surface area contributed by atoms with Gasteiger partial charge >= 0.3 is 12.1 Å². The fraction of sp³-hybridized carbons (Fsp3) is 0.520.